The van der Waals surface area contributed by atoms with Crippen molar-refractivity contribution in [1.29, 1.82) is 0 Å². The Bertz CT molecular complexity index is 413. The highest BCUT2D eigenvalue weighted by molar-refractivity contribution is 5.81. The summed E-state index contributed by atoms with van der Waals surface area (Å²) in [7, 11) is 0. The molecule has 0 aromatic heterocycles. The normalized spacial score (nSPS) is 12.4. The van der Waals surface area contributed by atoms with E-state index in [1.54, 1.807) is 12.1 Å². The van der Waals surface area contributed by atoms with Gasteiger partial charge in [0.25, 0.3) is 6.43 Å². The quantitative estimate of drug-likeness (QED) is 0.614. The fourth-order valence-electron chi connectivity index (χ4n) is 1.53. The Labute approximate surface area is 115 Å². The number of amides is 1. The summed E-state index contributed by atoms with van der Waals surface area (Å²) in [6, 6.07) is 5.63. The zero-order valence-electron chi connectivity index (χ0n) is 10.9. The third-order valence-electron chi connectivity index (χ3n) is 2.52. The lowest BCUT2D eigenvalue weighted by atomic mass is 10.1. The SMILES string of the molecule is N[C@@H](Cc1ccc(O)cc1)C(=O)NCCOCC(F)F. The minimum absolute atomic E-state index is 0.0159. The Morgan fingerprint density at radius 1 is 1.35 bits per heavy atom. The molecule has 1 rings (SSSR count). The Morgan fingerprint density at radius 2 is 2.00 bits per heavy atom. The molecule has 5 nitrogen and oxygen atoms in total. The molecule has 0 heterocycles. The predicted octanol–water partition coefficient (Wildman–Crippen LogP) is 0.660. The van der Waals surface area contributed by atoms with Gasteiger partial charge in [-0.1, -0.05) is 12.1 Å². The number of rotatable bonds is 8. The van der Waals surface area contributed by atoms with E-state index in [1.807, 2.05) is 0 Å². The maximum atomic E-state index is 11.8. The van der Waals surface area contributed by atoms with Crippen LogP contribution in [0, 0.1) is 0 Å². The van der Waals surface area contributed by atoms with Crippen molar-refractivity contribution in [2.24, 2.45) is 5.73 Å². The molecule has 20 heavy (non-hydrogen) atoms. The van der Waals surface area contributed by atoms with Crippen LogP contribution in [0.15, 0.2) is 24.3 Å². The van der Waals surface area contributed by atoms with Crippen LogP contribution in [-0.4, -0.2) is 43.2 Å². The summed E-state index contributed by atoms with van der Waals surface area (Å²) in [5.41, 5.74) is 6.53. The molecular weight excluding hydrogens is 270 g/mol. The van der Waals surface area contributed by atoms with E-state index in [0.29, 0.717) is 6.42 Å². The second-order valence-corrected chi connectivity index (χ2v) is 4.23. The second-order valence-electron chi connectivity index (χ2n) is 4.23. The number of alkyl halides is 2. The standard InChI is InChI=1S/C13H18F2N2O3/c14-12(15)8-20-6-5-17-13(19)11(16)7-9-1-3-10(18)4-2-9/h1-4,11-12,18H,5-8,16H2,(H,17,19)/t11-/m0/s1. The Morgan fingerprint density at radius 3 is 2.60 bits per heavy atom. The van der Waals surface area contributed by atoms with Crippen LogP contribution < -0.4 is 11.1 Å². The van der Waals surface area contributed by atoms with Gasteiger partial charge in [0.2, 0.25) is 5.91 Å². The maximum Gasteiger partial charge on any atom is 0.261 e. The number of halogens is 2. The smallest absolute Gasteiger partial charge is 0.261 e. The van der Waals surface area contributed by atoms with Crippen molar-refractivity contribution < 1.29 is 23.4 Å². The van der Waals surface area contributed by atoms with Crippen LogP contribution in [0.4, 0.5) is 8.78 Å². The molecule has 0 bridgehead atoms. The molecule has 0 aliphatic rings. The zero-order chi connectivity index (χ0) is 15.0. The first kappa shape index (κ1) is 16.3. The van der Waals surface area contributed by atoms with Crippen LogP contribution in [-0.2, 0) is 16.0 Å². The van der Waals surface area contributed by atoms with Crippen molar-refractivity contribution >= 4 is 5.91 Å². The molecule has 0 spiro atoms. The minimum atomic E-state index is -2.51. The molecule has 7 heteroatoms. The summed E-state index contributed by atoms with van der Waals surface area (Å²) < 4.78 is 28.2. The summed E-state index contributed by atoms with van der Waals surface area (Å²) in [5, 5.41) is 11.6. The summed E-state index contributed by atoms with van der Waals surface area (Å²) in [5.74, 6) is -0.235. The van der Waals surface area contributed by atoms with Gasteiger partial charge in [0.1, 0.15) is 12.4 Å². The highest BCUT2D eigenvalue weighted by Crippen LogP contribution is 2.10. The van der Waals surface area contributed by atoms with Crippen molar-refractivity contribution in [3.63, 3.8) is 0 Å². The van der Waals surface area contributed by atoms with Crippen LogP contribution in [0.5, 0.6) is 5.75 Å². The first-order valence-electron chi connectivity index (χ1n) is 6.16. The molecule has 1 aromatic carbocycles. The van der Waals surface area contributed by atoms with Crippen molar-refractivity contribution in [2.75, 3.05) is 19.8 Å². The lowest BCUT2D eigenvalue weighted by molar-refractivity contribution is -0.122. The van der Waals surface area contributed by atoms with E-state index in [-0.39, 0.29) is 24.8 Å². The van der Waals surface area contributed by atoms with E-state index in [0.717, 1.165) is 5.56 Å². The van der Waals surface area contributed by atoms with Gasteiger partial charge in [-0.05, 0) is 24.1 Å². The Kier molecular flexibility index (Phi) is 6.89. The number of nitrogens with two attached hydrogens (primary N) is 1. The van der Waals surface area contributed by atoms with E-state index in [4.69, 9.17) is 10.8 Å². The zero-order valence-corrected chi connectivity index (χ0v) is 10.9. The van der Waals surface area contributed by atoms with Crippen molar-refractivity contribution in [2.45, 2.75) is 18.9 Å². The molecule has 0 unspecified atom stereocenters. The Hall–Kier alpha value is -1.73. The molecule has 0 fully saturated rings. The third-order valence-corrected chi connectivity index (χ3v) is 2.52. The number of ether oxygens (including phenoxy) is 1. The number of hydrogen-bond acceptors (Lipinski definition) is 4. The summed E-state index contributed by atoms with van der Waals surface area (Å²) in [4.78, 5) is 11.6. The van der Waals surface area contributed by atoms with E-state index in [2.05, 4.69) is 10.1 Å². The largest absolute Gasteiger partial charge is 0.508 e. The lowest BCUT2D eigenvalue weighted by Gasteiger charge is -2.12. The van der Waals surface area contributed by atoms with Gasteiger partial charge >= 0.3 is 0 Å². The van der Waals surface area contributed by atoms with Crippen LogP contribution in [0.3, 0.4) is 0 Å². The van der Waals surface area contributed by atoms with Gasteiger partial charge in [-0.2, -0.15) is 0 Å². The fraction of sp³-hybridized carbons (Fsp3) is 0.462. The summed E-state index contributed by atoms with van der Waals surface area (Å²) >= 11 is 0. The average molecular weight is 288 g/mol. The number of phenols is 1. The molecule has 0 saturated heterocycles. The van der Waals surface area contributed by atoms with Gasteiger partial charge in [-0.3, -0.25) is 4.79 Å². The highest BCUT2D eigenvalue weighted by atomic mass is 19.3. The molecule has 1 aromatic rings. The van der Waals surface area contributed by atoms with Gasteiger partial charge in [0, 0.05) is 6.54 Å². The number of carbonyl (C=O) groups excluding carboxylic acids is 1. The molecule has 0 saturated carbocycles. The molecule has 1 atom stereocenters. The summed E-state index contributed by atoms with van der Waals surface area (Å²) in [6.45, 7) is -0.494. The highest BCUT2D eigenvalue weighted by Gasteiger charge is 2.13. The molecule has 0 aliphatic carbocycles. The van der Waals surface area contributed by atoms with E-state index in [1.165, 1.54) is 12.1 Å². The van der Waals surface area contributed by atoms with E-state index >= 15 is 0 Å². The van der Waals surface area contributed by atoms with Gasteiger partial charge < -0.3 is 20.9 Å². The van der Waals surface area contributed by atoms with Crippen molar-refractivity contribution in [3.05, 3.63) is 29.8 Å². The first-order chi connectivity index (χ1) is 9.49. The average Bonchev–Trinajstić information content (AvgIpc) is 2.40. The number of nitrogens with one attached hydrogen (secondary N) is 1. The van der Waals surface area contributed by atoms with Crippen LogP contribution in [0.2, 0.25) is 0 Å². The fourth-order valence-corrected chi connectivity index (χ4v) is 1.53. The Balaban J connectivity index is 2.23. The van der Waals surface area contributed by atoms with Gasteiger partial charge in [-0.25, -0.2) is 8.78 Å². The number of aromatic hydroxyl groups is 1. The molecule has 0 aliphatic heterocycles. The third kappa shape index (κ3) is 6.44. The van der Waals surface area contributed by atoms with Crippen molar-refractivity contribution in [1.82, 2.24) is 5.32 Å². The van der Waals surface area contributed by atoms with Gasteiger partial charge in [-0.15, -0.1) is 0 Å². The lowest BCUT2D eigenvalue weighted by Crippen LogP contribution is -2.43. The molecule has 4 N–H and O–H groups in total. The monoisotopic (exact) mass is 288 g/mol. The minimum Gasteiger partial charge on any atom is -0.508 e. The van der Waals surface area contributed by atoms with Crippen molar-refractivity contribution in [3.8, 4) is 5.75 Å². The first-order valence-corrected chi connectivity index (χ1v) is 6.16. The molecule has 112 valence electrons. The van der Waals surface area contributed by atoms with E-state index in [9.17, 15) is 13.6 Å². The summed E-state index contributed by atoms with van der Waals surface area (Å²) in [6.07, 6.45) is -2.19. The van der Waals surface area contributed by atoms with E-state index < -0.39 is 19.1 Å². The molecule has 0 radical (unpaired) electrons. The second kappa shape index (κ2) is 8.44. The number of phenolic OH excluding ortho intramolecular Hbond substituents is 1. The topological polar surface area (TPSA) is 84.6 Å². The molecular formula is C13H18F2N2O3. The van der Waals surface area contributed by atoms with Gasteiger partial charge in [0.05, 0.1) is 12.6 Å². The van der Waals surface area contributed by atoms with Crippen LogP contribution >= 0.6 is 0 Å². The molecule has 1 amide bonds. The predicted molar refractivity (Wildman–Crippen MR) is 69.6 cm³/mol. The maximum absolute atomic E-state index is 11.8. The number of hydrogen-bond donors (Lipinski definition) is 3. The van der Waals surface area contributed by atoms with Crippen LogP contribution in [0.1, 0.15) is 5.56 Å². The van der Waals surface area contributed by atoms with Crippen LogP contribution in [0.25, 0.3) is 0 Å². The number of carbonyl (C=O) groups is 1. The number of benzene rings is 1. The van der Waals surface area contributed by atoms with Gasteiger partial charge in [0.15, 0.2) is 0 Å².